The second-order valence-electron chi connectivity index (χ2n) is 8.34. The normalized spacial score (nSPS) is 11.6. The smallest absolute Gasteiger partial charge is 0.341 e. The summed E-state index contributed by atoms with van der Waals surface area (Å²) in [6, 6.07) is 27.5. The maximum Gasteiger partial charge on any atom is 0.341 e. The monoisotopic (exact) mass is 489 g/mol. The van der Waals surface area contributed by atoms with Crippen LogP contribution in [0.1, 0.15) is 5.56 Å². The Balaban J connectivity index is 1.57. The predicted molar refractivity (Wildman–Crippen MR) is 141 cm³/mol. The summed E-state index contributed by atoms with van der Waals surface area (Å²) >= 11 is 0. The highest BCUT2D eigenvalue weighted by atomic mass is 16.5. The van der Waals surface area contributed by atoms with E-state index in [2.05, 4.69) is 5.10 Å². The predicted octanol–water partition coefficient (Wildman–Crippen LogP) is 5.31. The second-order valence-corrected chi connectivity index (χ2v) is 8.34. The number of rotatable bonds is 6. The number of furan rings is 1. The van der Waals surface area contributed by atoms with Crippen LogP contribution in [0.25, 0.3) is 44.2 Å². The molecule has 6 rings (SSSR count). The minimum atomic E-state index is -1.10. The topological polar surface area (TPSA) is 107 Å². The van der Waals surface area contributed by atoms with Gasteiger partial charge in [-0.25, -0.2) is 9.78 Å². The third-order valence-corrected chi connectivity index (χ3v) is 5.98. The van der Waals surface area contributed by atoms with Gasteiger partial charge < -0.3 is 14.3 Å². The Morgan fingerprint density at radius 1 is 0.946 bits per heavy atom. The molecule has 180 valence electrons. The molecule has 0 aliphatic heterocycles. The van der Waals surface area contributed by atoms with Crippen molar-refractivity contribution in [2.75, 3.05) is 6.61 Å². The molecule has 8 nitrogen and oxygen atoms in total. The van der Waals surface area contributed by atoms with Gasteiger partial charge in [0.25, 0.3) is 5.56 Å². The SMILES string of the molecule is O=C(O)COc1ccc2ccccc2c1C=Nn1c(-c2cc3ccccc3o2)nc2ccccc2c1=O. The maximum absolute atomic E-state index is 13.6. The number of hydrogen-bond donors (Lipinski definition) is 1. The first-order chi connectivity index (χ1) is 18.1. The van der Waals surface area contributed by atoms with E-state index in [0.717, 1.165) is 16.2 Å². The molecule has 0 bridgehead atoms. The van der Waals surface area contributed by atoms with Crippen LogP contribution >= 0.6 is 0 Å². The minimum absolute atomic E-state index is 0.240. The van der Waals surface area contributed by atoms with E-state index in [0.29, 0.717) is 33.6 Å². The fourth-order valence-electron chi connectivity index (χ4n) is 4.27. The van der Waals surface area contributed by atoms with Crippen LogP contribution in [-0.4, -0.2) is 33.6 Å². The van der Waals surface area contributed by atoms with Crippen LogP contribution in [0.4, 0.5) is 0 Å². The van der Waals surface area contributed by atoms with Crippen molar-refractivity contribution in [3.8, 4) is 17.3 Å². The lowest BCUT2D eigenvalue weighted by atomic mass is 10.0. The van der Waals surface area contributed by atoms with Gasteiger partial charge in [0, 0.05) is 10.9 Å². The first kappa shape index (κ1) is 22.2. The van der Waals surface area contributed by atoms with Crippen molar-refractivity contribution in [3.63, 3.8) is 0 Å². The Labute approximate surface area is 209 Å². The van der Waals surface area contributed by atoms with E-state index in [9.17, 15) is 9.59 Å². The van der Waals surface area contributed by atoms with E-state index in [1.54, 1.807) is 24.3 Å². The van der Waals surface area contributed by atoms with Crippen LogP contribution in [0.5, 0.6) is 5.75 Å². The summed E-state index contributed by atoms with van der Waals surface area (Å²) in [5, 5.41) is 16.6. The molecule has 2 heterocycles. The van der Waals surface area contributed by atoms with E-state index in [1.807, 2.05) is 66.7 Å². The van der Waals surface area contributed by atoms with Crippen LogP contribution in [0.15, 0.2) is 105 Å². The number of ether oxygens (including phenoxy) is 1. The zero-order valence-electron chi connectivity index (χ0n) is 19.4. The maximum atomic E-state index is 13.6. The van der Waals surface area contributed by atoms with Gasteiger partial charge in [0.05, 0.1) is 17.1 Å². The van der Waals surface area contributed by atoms with Gasteiger partial charge in [0.15, 0.2) is 12.4 Å². The zero-order valence-corrected chi connectivity index (χ0v) is 19.4. The van der Waals surface area contributed by atoms with Crippen molar-refractivity contribution >= 4 is 44.8 Å². The number of para-hydroxylation sites is 2. The molecular weight excluding hydrogens is 470 g/mol. The van der Waals surface area contributed by atoms with Crippen LogP contribution in [0, 0.1) is 0 Å². The third kappa shape index (κ3) is 4.10. The molecule has 0 amide bonds. The third-order valence-electron chi connectivity index (χ3n) is 5.98. The molecule has 0 fully saturated rings. The summed E-state index contributed by atoms with van der Waals surface area (Å²) in [6.07, 6.45) is 1.49. The van der Waals surface area contributed by atoms with Crippen molar-refractivity contribution in [2.24, 2.45) is 5.10 Å². The van der Waals surface area contributed by atoms with Gasteiger partial charge in [-0.05, 0) is 41.1 Å². The molecule has 0 saturated heterocycles. The van der Waals surface area contributed by atoms with Gasteiger partial charge in [-0.3, -0.25) is 4.79 Å². The molecule has 37 heavy (non-hydrogen) atoms. The van der Waals surface area contributed by atoms with E-state index in [4.69, 9.17) is 19.2 Å². The molecule has 0 aliphatic carbocycles. The van der Waals surface area contributed by atoms with Crippen molar-refractivity contribution in [1.82, 2.24) is 9.66 Å². The summed E-state index contributed by atoms with van der Waals surface area (Å²) in [5.41, 5.74) is 1.35. The fraction of sp³-hybridized carbons (Fsp3) is 0.0345. The molecule has 8 heteroatoms. The van der Waals surface area contributed by atoms with Crippen LogP contribution < -0.4 is 10.3 Å². The first-order valence-corrected chi connectivity index (χ1v) is 11.5. The zero-order chi connectivity index (χ0) is 25.4. The van der Waals surface area contributed by atoms with Gasteiger partial charge in [-0.2, -0.15) is 9.78 Å². The molecule has 4 aromatic carbocycles. The highest BCUT2D eigenvalue weighted by molar-refractivity contribution is 6.02. The number of carboxylic acids is 1. The number of carbonyl (C=O) groups is 1. The number of carboxylic acid groups (broad SMARTS) is 1. The summed E-state index contributed by atoms with van der Waals surface area (Å²) in [5.74, 6) is -0.138. The van der Waals surface area contributed by atoms with E-state index in [-0.39, 0.29) is 11.4 Å². The summed E-state index contributed by atoms with van der Waals surface area (Å²) in [6.45, 7) is -0.513. The molecule has 0 radical (unpaired) electrons. The molecule has 6 aromatic rings. The Bertz CT molecular complexity index is 1870. The highest BCUT2D eigenvalue weighted by Crippen LogP contribution is 2.29. The van der Waals surface area contributed by atoms with E-state index < -0.39 is 12.6 Å². The summed E-state index contributed by atoms with van der Waals surface area (Å²) in [4.78, 5) is 29.4. The standard InChI is InChI=1S/C29H19N3O5/c33-27(34)17-36-25-14-13-18-7-1-3-9-20(18)22(25)16-30-32-28(26-15-19-8-2-6-12-24(19)37-26)31-23-11-5-4-10-21(23)29(32)35/h1-16H,17H2,(H,33,34). The first-order valence-electron chi connectivity index (χ1n) is 11.5. The molecule has 2 aromatic heterocycles. The van der Waals surface area contributed by atoms with E-state index in [1.165, 1.54) is 10.9 Å². The van der Waals surface area contributed by atoms with Crippen LogP contribution in [0.3, 0.4) is 0 Å². The van der Waals surface area contributed by atoms with Gasteiger partial charge in [0.2, 0.25) is 5.82 Å². The number of aromatic nitrogens is 2. The van der Waals surface area contributed by atoms with Crippen molar-refractivity contribution in [1.29, 1.82) is 0 Å². The largest absolute Gasteiger partial charge is 0.481 e. The molecule has 0 saturated carbocycles. The quantitative estimate of drug-likeness (QED) is 0.318. The summed E-state index contributed by atoms with van der Waals surface area (Å²) < 4.78 is 12.8. The fourth-order valence-corrected chi connectivity index (χ4v) is 4.27. The average molecular weight is 489 g/mol. The lowest BCUT2D eigenvalue weighted by molar-refractivity contribution is -0.139. The lowest BCUT2D eigenvalue weighted by Gasteiger charge is -2.11. The van der Waals surface area contributed by atoms with Crippen molar-refractivity contribution < 1.29 is 19.1 Å². The minimum Gasteiger partial charge on any atom is -0.481 e. The Hall–Kier alpha value is -5.24. The number of benzene rings is 4. The summed E-state index contributed by atoms with van der Waals surface area (Å²) in [7, 11) is 0. The average Bonchev–Trinajstić information content (AvgIpc) is 3.36. The van der Waals surface area contributed by atoms with E-state index >= 15 is 0 Å². The van der Waals surface area contributed by atoms with Crippen LogP contribution in [0.2, 0.25) is 0 Å². The van der Waals surface area contributed by atoms with Gasteiger partial charge in [-0.15, -0.1) is 0 Å². The number of fused-ring (bicyclic) bond motifs is 3. The Kier molecular flexibility index (Phi) is 5.46. The second kappa shape index (κ2) is 9.09. The Morgan fingerprint density at radius 3 is 2.49 bits per heavy atom. The van der Waals surface area contributed by atoms with Crippen LogP contribution in [-0.2, 0) is 4.79 Å². The molecule has 1 N–H and O–H groups in total. The van der Waals surface area contributed by atoms with Gasteiger partial charge in [-0.1, -0.05) is 60.7 Å². The molecule has 0 atom stereocenters. The van der Waals surface area contributed by atoms with Gasteiger partial charge in [0.1, 0.15) is 11.3 Å². The molecule has 0 unspecified atom stereocenters. The molecule has 0 aliphatic rings. The number of nitrogens with zero attached hydrogens (tertiary/aromatic N) is 3. The molecular formula is C29H19N3O5. The van der Waals surface area contributed by atoms with Gasteiger partial charge >= 0.3 is 5.97 Å². The molecule has 0 spiro atoms. The number of aliphatic carboxylic acids is 1. The lowest BCUT2D eigenvalue weighted by Crippen LogP contribution is -2.20. The van der Waals surface area contributed by atoms with Crippen molar-refractivity contribution in [3.05, 3.63) is 107 Å². The van der Waals surface area contributed by atoms with Crippen molar-refractivity contribution in [2.45, 2.75) is 0 Å². The highest BCUT2D eigenvalue weighted by Gasteiger charge is 2.17. The Morgan fingerprint density at radius 2 is 1.68 bits per heavy atom. The number of hydrogen-bond acceptors (Lipinski definition) is 6.